The summed E-state index contributed by atoms with van der Waals surface area (Å²) in [5.74, 6) is 0. The van der Waals surface area contributed by atoms with Crippen LogP contribution in [0.1, 0.15) is 55.7 Å². The first-order valence-electron chi connectivity index (χ1n) is 8.15. The predicted molar refractivity (Wildman–Crippen MR) is 81.9 cm³/mol. The van der Waals surface area contributed by atoms with Gasteiger partial charge in [-0.1, -0.05) is 24.6 Å². The van der Waals surface area contributed by atoms with Crippen LogP contribution in [0.25, 0.3) is 0 Å². The Labute approximate surface area is 122 Å². The highest BCUT2D eigenvalue weighted by Crippen LogP contribution is 2.29. The largest absolute Gasteiger partial charge is 0.314 e. The lowest BCUT2D eigenvalue weighted by atomic mass is 9.88. The molecule has 1 nitrogen and oxygen atoms in total. The number of benzene rings is 1. The van der Waals surface area contributed by atoms with Gasteiger partial charge in [0.2, 0.25) is 0 Å². The van der Waals surface area contributed by atoms with Crippen molar-refractivity contribution in [3.63, 3.8) is 0 Å². The van der Waals surface area contributed by atoms with Crippen LogP contribution in [-0.2, 0) is 19.3 Å². The summed E-state index contributed by atoms with van der Waals surface area (Å²) in [4.78, 5) is 0. The van der Waals surface area contributed by atoms with Crippen molar-refractivity contribution in [2.45, 2.75) is 70.0 Å². The van der Waals surface area contributed by atoms with E-state index in [4.69, 9.17) is 0 Å². The normalized spacial score (nSPS) is 25.2. The number of fused-ring (bicyclic) bond motifs is 1. The Balaban J connectivity index is 1.63. The standard InChI is InChI=1S/C18H26FN/c1-18(19,13-17-7-2-3-10-20-17)12-14-8-9-15-5-4-6-16(15)11-14/h8-9,11,17,20H,2-7,10,12-13H2,1H3. The molecule has 3 rings (SSSR count). The van der Waals surface area contributed by atoms with Crippen LogP contribution < -0.4 is 5.32 Å². The van der Waals surface area contributed by atoms with Gasteiger partial charge in [0, 0.05) is 12.5 Å². The number of hydrogen-bond donors (Lipinski definition) is 1. The van der Waals surface area contributed by atoms with Gasteiger partial charge >= 0.3 is 0 Å². The van der Waals surface area contributed by atoms with Gasteiger partial charge in [-0.25, -0.2) is 4.39 Å². The first kappa shape index (κ1) is 14.1. The Bertz CT molecular complexity index is 460. The first-order chi connectivity index (χ1) is 9.62. The van der Waals surface area contributed by atoms with Crippen molar-refractivity contribution in [2.24, 2.45) is 0 Å². The quantitative estimate of drug-likeness (QED) is 0.876. The molecular formula is C18H26FN. The van der Waals surface area contributed by atoms with Gasteiger partial charge in [-0.2, -0.15) is 0 Å². The zero-order valence-corrected chi connectivity index (χ0v) is 12.6. The molecule has 0 spiro atoms. The number of halogens is 1. The van der Waals surface area contributed by atoms with E-state index < -0.39 is 5.67 Å². The molecule has 1 fully saturated rings. The molecule has 1 heterocycles. The van der Waals surface area contributed by atoms with Crippen molar-refractivity contribution < 1.29 is 4.39 Å². The van der Waals surface area contributed by atoms with Gasteiger partial charge in [0.15, 0.2) is 0 Å². The number of rotatable bonds is 4. The molecule has 2 heteroatoms. The lowest BCUT2D eigenvalue weighted by Gasteiger charge is -2.30. The van der Waals surface area contributed by atoms with E-state index in [1.807, 2.05) is 0 Å². The van der Waals surface area contributed by atoms with Gasteiger partial charge in [0.05, 0.1) is 0 Å². The van der Waals surface area contributed by atoms with Gasteiger partial charge in [-0.05, 0) is 68.7 Å². The van der Waals surface area contributed by atoms with E-state index in [1.54, 1.807) is 6.92 Å². The van der Waals surface area contributed by atoms with Gasteiger partial charge in [-0.3, -0.25) is 0 Å². The summed E-state index contributed by atoms with van der Waals surface area (Å²) in [6.07, 6.45) is 8.45. The summed E-state index contributed by atoms with van der Waals surface area (Å²) in [6, 6.07) is 6.96. The molecule has 0 bridgehead atoms. The molecule has 0 saturated carbocycles. The second kappa shape index (κ2) is 5.85. The Hall–Kier alpha value is -0.890. The highest BCUT2D eigenvalue weighted by atomic mass is 19.1. The molecule has 1 aromatic rings. The minimum atomic E-state index is -1.10. The lowest BCUT2D eigenvalue weighted by Crippen LogP contribution is -2.40. The minimum Gasteiger partial charge on any atom is -0.314 e. The third-order valence-electron chi connectivity index (χ3n) is 4.82. The number of piperidine rings is 1. The fraction of sp³-hybridized carbons (Fsp3) is 0.667. The predicted octanol–water partition coefficient (Wildman–Crippen LogP) is 3.98. The van der Waals surface area contributed by atoms with Crippen LogP contribution in [0.3, 0.4) is 0 Å². The fourth-order valence-corrected chi connectivity index (χ4v) is 3.84. The summed E-state index contributed by atoms with van der Waals surface area (Å²) in [6.45, 7) is 2.83. The highest BCUT2D eigenvalue weighted by molar-refractivity contribution is 5.35. The average Bonchev–Trinajstić information content (AvgIpc) is 2.86. The molecule has 20 heavy (non-hydrogen) atoms. The van der Waals surface area contributed by atoms with Crippen molar-refractivity contribution >= 4 is 0 Å². The summed E-state index contributed by atoms with van der Waals surface area (Å²) in [5, 5.41) is 3.46. The molecule has 2 aliphatic rings. The van der Waals surface area contributed by atoms with Crippen molar-refractivity contribution in [3.8, 4) is 0 Å². The maximum absolute atomic E-state index is 14.9. The van der Waals surface area contributed by atoms with E-state index in [0.717, 1.165) is 13.0 Å². The summed E-state index contributed by atoms with van der Waals surface area (Å²) >= 11 is 0. The van der Waals surface area contributed by atoms with Gasteiger partial charge < -0.3 is 5.32 Å². The highest BCUT2D eigenvalue weighted by Gasteiger charge is 2.29. The Morgan fingerprint density at radius 1 is 1.20 bits per heavy atom. The maximum Gasteiger partial charge on any atom is 0.113 e. The number of alkyl halides is 1. The molecule has 2 atom stereocenters. The smallest absolute Gasteiger partial charge is 0.113 e. The third kappa shape index (κ3) is 3.41. The van der Waals surface area contributed by atoms with Crippen LogP contribution in [0.15, 0.2) is 18.2 Å². The first-order valence-corrected chi connectivity index (χ1v) is 8.15. The van der Waals surface area contributed by atoms with Crippen LogP contribution in [0.2, 0.25) is 0 Å². The lowest BCUT2D eigenvalue weighted by molar-refractivity contribution is 0.146. The second-order valence-corrected chi connectivity index (χ2v) is 6.90. The van der Waals surface area contributed by atoms with Crippen LogP contribution in [-0.4, -0.2) is 18.3 Å². The molecule has 0 amide bonds. The number of hydrogen-bond acceptors (Lipinski definition) is 1. The van der Waals surface area contributed by atoms with E-state index >= 15 is 0 Å². The third-order valence-corrected chi connectivity index (χ3v) is 4.82. The summed E-state index contributed by atoms with van der Waals surface area (Å²) < 4.78 is 14.9. The van der Waals surface area contributed by atoms with Crippen LogP contribution in [0.5, 0.6) is 0 Å². The van der Waals surface area contributed by atoms with Gasteiger partial charge in [-0.15, -0.1) is 0 Å². The Morgan fingerprint density at radius 3 is 2.85 bits per heavy atom. The molecule has 1 aliphatic carbocycles. The van der Waals surface area contributed by atoms with E-state index in [0.29, 0.717) is 18.9 Å². The SMILES string of the molecule is CC(F)(Cc1ccc2c(c1)CCC2)CC1CCCCN1. The molecule has 0 radical (unpaired) electrons. The summed E-state index contributed by atoms with van der Waals surface area (Å²) in [5.41, 5.74) is 3.01. The Kier molecular flexibility index (Phi) is 4.11. The van der Waals surface area contributed by atoms with Crippen LogP contribution >= 0.6 is 0 Å². The fourth-order valence-electron chi connectivity index (χ4n) is 3.84. The van der Waals surface area contributed by atoms with E-state index in [9.17, 15) is 4.39 Å². The monoisotopic (exact) mass is 275 g/mol. The molecule has 1 aliphatic heterocycles. The van der Waals surface area contributed by atoms with Crippen LogP contribution in [0.4, 0.5) is 4.39 Å². The van der Waals surface area contributed by atoms with E-state index in [2.05, 4.69) is 23.5 Å². The van der Waals surface area contributed by atoms with E-state index in [-0.39, 0.29) is 0 Å². The number of aryl methyl sites for hydroxylation is 2. The molecule has 0 aromatic heterocycles. The molecule has 1 saturated heterocycles. The average molecular weight is 275 g/mol. The van der Waals surface area contributed by atoms with Gasteiger partial charge in [0.1, 0.15) is 5.67 Å². The maximum atomic E-state index is 14.9. The zero-order chi connectivity index (χ0) is 14.0. The van der Waals surface area contributed by atoms with Crippen LogP contribution in [0, 0.1) is 0 Å². The van der Waals surface area contributed by atoms with E-state index in [1.165, 1.54) is 48.8 Å². The minimum absolute atomic E-state index is 0.369. The second-order valence-electron chi connectivity index (χ2n) is 6.90. The molecular weight excluding hydrogens is 249 g/mol. The van der Waals surface area contributed by atoms with Crippen molar-refractivity contribution in [2.75, 3.05) is 6.54 Å². The zero-order valence-electron chi connectivity index (χ0n) is 12.6. The topological polar surface area (TPSA) is 12.0 Å². The molecule has 1 aromatic carbocycles. The Morgan fingerprint density at radius 2 is 2.05 bits per heavy atom. The van der Waals surface area contributed by atoms with Crippen molar-refractivity contribution in [1.29, 1.82) is 0 Å². The van der Waals surface area contributed by atoms with Gasteiger partial charge in [0.25, 0.3) is 0 Å². The number of nitrogens with one attached hydrogen (secondary N) is 1. The van der Waals surface area contributed by atoms with Crippen molar-refractivity contribution in [3.05, 3.63) is 34.9 Å². The van der Waals surface area contributed by atoms with Crippen molar-refractivity contribution in [1.82, 2.24) is 5.32 Å². The molecule has 1 N–H and O–H groups in total. The molecule has 110 valence electrons. The molecule has 2 unspecified atom stereocenters. The summed E-state index contributed by atoms with van der Waals surface area (Å²) in [7, 11) is 0.